The van der Waals surface area contributed by atoms with Gasteiger partial charge in [0.25, 0.3) is 0 Å². The zero-order valence-corrected chi connectivity index (χ0v) is 17.4. The largest absolute Gasteiger partial charge is 0.335 e. The summed E-state index contributed by atoms with van der Waals surface area (Å²) in [6, 6.07) is 10.7. The van der Waals surface area contributed by atoms with E-state index in [2.05, 4.69) is 47.1 Å². The average molecular weight is 380 g/mol. The number of carbonyl (C=O) groups excluding carboxylic acids is 1. The van der Waals surface area contributed by atoms with Crippen LogP contribution in [0.3, 0.4) is 0 Å². The van der Waals surface area contributed by atoms with E-state index in [4.69, 9.17) is 0 Å². The molecule has 4 saturated carbocycles. The number of rotatable bonds is 7. The number of hydrogen-bond donors (Lipinski definition) is 0. The number of hydrogen-bond acceptors (Lipinski definition) is 3. The van der Waals surface area contributed by atoms with Gasteiger partial charge in [-0.05, 0) is 81.4 Å². The van der Waals surface area contributed by atoms with Crippen molar-refractivity contribution in [2.45, 2.75) is 64.0 Å². The Hall–Kier alpha value is -1.86. The van der Waals surface area contributed by atoms with Crippen molar-refractivity contribution in [2.24, 2.45) is 17.8 Å². The van der Waals surface area contributed by atoms with Gasteiger partial charge in [-0.3, -0.25) is 9.69 Å². The van der Waals surface area contributed by atoms with E-state index in [0.29, 0.717) is 19.5 Å². The average Bonchev–Trinajstić information content (AvgIpc) is 2.62. The Morgan fingerprint density at radius 2 is 1.75 bits per heavy atom. The maximum Gasteiger partial charge on any atom is 0.237 e. The van der Waals surface area contributed by atoms with E-state index in [1.54, 1.807) is 0 Å². The minimum Gasteiger partial charge on any atom is -0.335 e. The summed E-state index contributed by atoms with van der Waals surface area (Å²) < 4.78 is 0. The predicted octanol–water partition coefficient (Wildman–Crippen LogP) is 4.14. The molecule has 0 N–H and O–H groups in total. The Bertz CT molecular complexity index is 730. The quantitative estimate of drug-likeness (QED) is 0.715. The Labute approximate surface area is 169 Å². The SMILES string of the molecule is Cc1ccccc1CN(C)CC(=O)N(CCC#N)C12CC3CC(CC(C3)C1)C2. The molecule has 0 spiro atoms. The summed E-state index contributed by atoms with van der Waals surface area (Å²) in [6.45, 7) is 3.94. The molecule has 0 unspecified atom stereocenters. The Kier molecular flexibility index (Phi) is 5.47. The number of amides is 1. The molecule has 0 aromatic heterocycles. The van der Waals surface area contributed by atoms with Crippen LogP contribution >= 0.6 is 0 Å². The van der Waals surface area contributed by atoms with Crippen LogP contribution in [-0.2, 0) is 11.3 Å². The van der Waals surface area contributed by atoms with Gasteiger partial charge in [0.2, 0.25) is 5.91 Å². The van der Waals surface area contributed by atoms with Crippen molar-refractivity contribution in [3.63, 3.8) is 0 Å². The van der Waals surface area contributed by atoms with Gasteiger partial charge in [0.1, 0.15) is 0 Å². The van der Waals surface area contributed by atoms with Crippen LogP contribution in [0.25, 0.3) is 0 Å². The highest BCUT2D eigenvalue weighted by atomic mass is 16.2. The van der Waals surface area contributed by atoms with Crippen LogP contribution < -0.4 is 0 Å². The van der Waals surface area contributed by atoms with E-state index < -0.39 is 0 Å². The van der Waals surface area contributed by atoms with E-state index >= 15 is 0 Å². The third-order valence-corrected chi connectivity index (χ3v) is 7.43. The molecule has 4 fully saturated rings. The van der Waals surface area contributed by atoms with E-state index in [0.717, 1.165) is 24.3 Å². The van der Waals surface area contributed by atoms with E-state index in [-0.39, 0.29) is 11.4 Å². The van der Waals surface area contributed by atoms with Gasteiger partial charge in [0, 0.05) is 18.6 Å². The second kappa shape index (κ2) is 7.87. The maximum atomic E-state index is 13.4. The lowest BCUT2D eigenvalue weighted by atomic mass is 9.52. The van der Waals surface area contributed by atoms with Crippen molar-refractivity contribution in [3.8, 4) is 6.07 Å². The van der Waals surface area contributed by atoms with Gasteiger partial charge in [-0.2, -0.15) is 5.26 Å². The standard InChI is InChI=1S/C24H33N3O/c1-18-6-3-4-7-22(18)16-26(2)17-23(28)27(9-5-8-25)24-13-19-10-20(14-24)12-21(11-19)15-24/h3-4,6-7,19-21H,5,9-17H2,1-2H3. The molecule has 4 heteroatoms. The first-order valence-corrected chi connectivity index (χ1v) is 10.9. The van der Waals surface area contributed by atoms with Crippen LogP contribution in [-0.4, -0.2) is 41.4 Å². The molecule has 0 radical (unpaired) electrons. The third-order valence-electron chi connectivity index (χ3n) is 7.43. The lowest BCUT2D eigenvalue weighted by Gasteiger charge is -2.60. The van der Waals surface area contributed by atoms with E-state index in [9.17, 15) is 10.1 Å². The lowest BCUT2D eigenvalue weighted by molar-refractivity contribution is -0.151. The summed E-state index contributed by atoms with van der Waals surface area (Å²) in [5.41, 5.74) is 2.58. The molecule has 4 nitrogen and oxygen atoms in total. The molecule has 4 aliphatic rings. The molecule has 1 aromatic carbocycles. The topological polar surface area (TPSA) is 47.3 Å². The molecular weight excluding hydrogens is 346 g/mol. The molecule has 1 aromatic rings. The number of benzene rings is 1. The molecule has 1 amide bonds. The first-order valence-electron chi connectivity index (χ1n) is 10.9. The molecule has 0 atom stereocenters. The predicted molar refractivity (Wildman–Crippen MR) is 110 cm³/mol. The van der Waals surface area contributed by atoms with Gasteiger partial charge in [0.05, 0.1) is 19.0 Å². The van der Waals surface area contributed by atoms with Crippen LogP contribution in [0.2, 0.25) is 0 Å². The highest BCUT2D eigenvalue weighted by Gasteiger charge is 2.54. The summed E-state index contributed by atoms with van der Waals surface area (Å²) in [6.07, 6.45) is 8.04. The summed E-state index contributed by atoms with van der Waals surface area (Å²) in [5.74, 6) is 2.61. The van der Waals surface area contributed by atoms with E-state index in [1.165, 1.54) is 49.7 Å². The summed E-state index contributed by atoms with van der Waals surface area (Å²) in [5, 5.41) is 9.19. The zero-order valence-electron chi connectivity index (χ0n) is 17.4. The monoisotopic (exact) mass is 379 g/mol. The van der Waals surface area contributed by atoms with Gasteiger partial charge in [-0.15, -0.1) is 0 Å². The molecule has 4 bridgehead atoms. The number of carbonyl (C=O) groups is 1. The number of nitriles is 1. The van der Waals surface area contributed by atoms with Gasteiger partial charge < -0.3 is 4.90 Å². The molecule has 5 rings (SSSR count). The summed E-state index contributed by atoms with van der Waals surface area (Å²) in [7, 11) is 2.03. The minimum atomic E-state index is 0.0339. The van der Waals surface area contributed by atoms with Gasteiger partial charge in [-0.25, -0.2) is 0 Å². The van der Waals surface area contributed by atoms with Gasteiger partial charge >= 0.3 is 0 Å². The second-order valence-electron chi connectivity index (χ2n) is 9.69. The minimum absolute atomic E-state index is 0.0339. The lowest BCUT2D eigenvalue weighted by Crippen LogP contribution is -2.62. The molecule has 28 heavy (non-hydrogen) atoms. The fourth-order valence-electron chi connectivity index (χ4n) is 6.63. The van der Waals surface area contributed by atoms with Crippen molar-refractivity contribution in [3.05, 3.63) is 35.4 Å². The number of aryl methyl sites for hydroxylation is 1. The highest BCUT2D eigenvalue weighted by molar-refractivity contribution is 5.79. The van der Waals surface area contributed by atoms with Crippen molar-refractivity contribution in [1.82, 2.24) is 9.80 Å². The Balaban J connectivity index is 1.47. The number of likely N-dealkylation sites (N-methyl/N-ethyl adjacent to an activating group) is 1. The molecular formula is C24H33N3O. The third kappa shape index (κ3) is 3.82. The van der Waals surface area contributed by atoms with Crippen LogP contribution in [0, 0.1) is 36.0 Å². The fourth-order valence-corrected chi connectivity index (χ4v) is 6.63. The molecule has 0 aliphatic heterocycles. The second-order valence-corrected chi connectivity index (χ2v) is 9.69. The van der Waals surface area contributed by atoms with Crippen LogP contribution in [0.4, 0.5) is 0 Å². The first kappa shape index (κ1) is 19.5. The summed E-state index contributed by atoms with van der Waals surface area (Å²) in [4.78, 5) is 17.7. The zero-order chi connectivity index (χ0) is 19.7. The molecule has 0 heterocycles. The highest BCUT2D eigenvalue weighted by Crippen LogP contribution is 2.57. The van der Waals surface area contributed by atoms with Crippen LogP contribution in [0.5, 0.6) is 0 Å². The smallest absolute Gasteiger partial charge is 0.237 e. The normalized spacial score (nSPS) is 30.4. The first-order chi connectivity index (χ1) is 13.5. The van der Waals surface area contributed by atoms with E-state index in [1.807, 2.05) is 7.05 Å². The van der Waals surface area contributed by atoms with Crippen LogP contribution in [0.1, 0.15) is 56.1 Å². The van der Waals surface area contributed by atoms with Crippen molar-refractivity contribution < 1.29 is 4.79 Å². The van der Waals surface area contributed by atoms with Crippen molar-refractivity contribution >= 4 is 5.91 Å². The van der Waals surface area contributed by atoms with Gasteiger partial charge in [-0.1, -0.05) is 24.3 Å². The maximum absolute atomic E-state index is 13.4. The van der Waals surface area contributed by atoms with Crippen molar-refractivity contribution in [2.75, 3.05) is 20.1 Å². The molecule has 150 valence electrons. The molecule has 4 aliphatic carbocycles. The van der Waals surface area contributed by atoms with Crippen LogP contribution in [0.15, 0.2) is 24.3 Å². The molecule has 0 saturated heterocycles. The Morgan fingerprint density at radius 1 is 1.14 bits per heavy atom. The Morgan fingerprint density at radius 3 is 2.32 bits per heavy atom. The number of nitrogens with zero attached hydrogens (tertiary/aromatic N) is 3. The fraction of sp³-hybridized carbons (Fsp3) is 0.667. The van der Waals surface area contributed by atoms with Crippen molar-refractivity contribution in [1.29, 1.82) is 5.26 Å². The summed E-state index contributed by atoms with van der Waals surface area (Å²) >= 11 is 0. The van der Waals surface area contributed by atoms with Gasteiger partial charge in [0.15, 0.2) is 0 Å².